The smallest absolute Gasteiger partial charge is 0.262 e. The highest BCUT2D eigenvalue weighted by molar-refractivity contribution is 7.91. The average molecular weight is 319 g/mol. The van der Waals surface area contributed by atoms with E-state index in [0.717, 1.165) is 0 Å². The molecule has 20 heavy (non-hydrogen) atoms. The lowest BCUT2D eigenvalue weighted by molar-refractivity contribution is 0.432. The zero-order valence-electron chi connectivity index (χ0n) is 11.1. The van der Waals surface area contributed by atoms with Crippen LogP contribution < -0.4 is 5.32 Å². The van der Waals surface area contributed by atoms with E-state index >= 15 is 0 Å². The summed E-state index contributed by atoms with van der Waals surface area (Å²) in [5, 5.41) is 2.72. The van der Waals surface area contributed by atoms with Crippen LogP contribution in [0.1, 0.15) is 6.42 Å². The molecule has 1 aliphatic heterocycles. The fourth-order valence-corrected chi connectivity index (χ4v) is 5.04. The lowest BCUT2D eigenvalue weighted by Crippen LogP contribution is -2.34. The molecule has 0 unspecified atom stereocenters. The van der Waals surface area contributed by atoms with Crippen molar-refractivity contribution < 1.29 is 16.8 Å². The number of rotatable bonds is 3. The van der Waals surface area contributed by atoms with Crippen LogP contribution in [0.15, 0.2) is 23.4 Å². The molecule has 1 aromatic rings. The second-order valence-electron chi connectivity index (χ2n) is 4.52. The summed E-state index contributed by atoms with van der Waals surface area (Å²) in [6.45, 7) is 0.172. The molecule has 0 spiro atoms. The number of sulfonamides is 1. The number of hydrogen-bond acceptors (Lipinski definition) is 6. The number of anilines is 1. The van der Waals surface area contributed by atoms with Crippen molar-refractivity contribution in [2.75, 3.05) is 37.0 Å². The maximum atomic E-state index is 12.6. The molecule has 112 valence electrons. The number of pyridine rings is 1. The van der Waals surface area contributed by atoms with Gasteiger partial charge in [-0.3, -0.25) is 0 Å². The third kappa shape index (κ3) is 3.10. The molecule has 0 radical (unpaired) electrons. The maximum absolute atomic E-state index is 12.6. The summed E-state index contributed by atoms with van der Waals surface area (Å²) in [7, 11) is -5.32. The summed E-state index contributed by atoms with van der Waals surface area (Å²) in [4.78, 5) is 3.92. The number of nitrogens with one attached hydrogen (secondary N) is 1. The highest BCUT2D eigenvalue weighted by atomic mass is 32.2. The van der Waals surface area contributed by atoms with Gasteiger partial charge in [-0.15, -0.1) is 0 Å². The molecular weight excluding hydrogens is 302 g/mol. The molecule has 1 saturated heterocycles. The Kier molecular flexibility index (Phi) is 4.31. The first-order chi connectivity index (χ1) is 9.37. The lowest BCUT2D eigenvalue weighted by Gasteiger charge is -2.20. The van der Waals surface area contributed by atoms with Crippen molar-refractivity contribution in [2.24, 2.45) is 0 Å². The lowest BCUT2D eigenvalue weighted by atomic mass is 10.4. The Labute approximate surface area is 119 Å². The summed E-state index contributed by atoms with van der Waals surface area (Å²) in [5.41, 5.74) is 0.402. The van der Waals surface area contributed by atoms with Crippen molar-refractivity contribution >= 4 is 25.5 Å². The van der Waals surface area contributed by atoms with Gasteiger partial charge in [0.25, 0.3) is 10.0 Å². The molecule has 1 aliphatic rings. The van der Waals surface area contributed by atoms with Crippen molar-refractivity contribution in [2.45, 2.75) is 11.4 Å². The molecule has 0 bridgehead atoms. The van der Waals surface area contributed by atoms with E-state index < -0.39 is 19.9 Å². The van der Waals surface area contributed by atoms with Crippen LogP contribution in [0.25, 0.3) is 0 Å². The first kappa shape index (κ1) is 15.2. The van der Waals surface area contributed by atoms with E-state index in [-0.39, 0.29) is 29.6 Å². The van der Waals surface area contributed by atoms with Crippen molar-refractivity contribution in [3.63, 3.8) is 0 Å². The molecule has 9 heteroatoms. The van der Waals surface area contributed by atoms with Crippen LogP contribution in [0.5, 0.6) is 0 Å². The van der Waals surface area contributed by atoms with Crippen LogP contribution in [0.3, 0.4) is 0 Å². The summed E-state index contributed by atoms with van der Waals surface area (Å²) >= 11 is 0. The summed E-state index contributed by atoms with van der Waals surface area (Å²) < 4.78 is 49.4. The molecule has 0 aliphatic carbocycles. The highest BCUT2D eigenvalue weighted by Crippen LogP contribution is 2.22. The van der Waals surface area contributed by atoms with Crippen molar-refractivity contribution in [1.29, 1.82) is 0 Å². The third-order valence-corrected chi connectivity index (χ3v) is 6.71. The Hall–Kier alpha value is -1.19. The molecule has 2 heterocycles. The predicted molar refractivity (Wildman–Crippen MR) is 75.8 cm³/mol. The second-order valence-corrected chi connectivity index (χ2v) is 8.67. The van der Waals surface area contributed by atoms with Crippen molar-refractivity contribution in [3.05, 3.63) is 18.3 Å². The molecule has 2 rings (SSSR count). The van der Waals surface area contributed by atoms with Crippen molar-refractivity contribution in [1.82, 2.24) is 9.29 Å². The molecule has 0 atom stereocenters. The summed E-state index contributed by atoms with van der Waals surface area (Å²) in [6, 6.07) is 3.26. The molecular formula is C11H17N3O4S2. The van der Waals surface area contributed by atoms with E-state index in [1.54, 1.807) is 19.2 Å². The highest BCUT2D eigenvalue weighted by Gasteiger charge is 2.31. The number of aromatic nitrogens is 1. The minimum atomic E-state index is -3.78. The van der Waals surface area contributed by atoms with Gasteiger partial charge >= 0.3 is 0 Å². The first-order valence-electron chi connectivity index (χ1n) is 6.20. The van der Waals surface area contributed by atoms with E-state index in [1.807, 2.05) is 0 Å². The third-order valence-electron chi connectivity index (χ3n) is 3.14. The molecule has 0 amide bonds. The van der Waals surface area contributed by atoms with Gasteiger partial charge in [-0.1, -0.05) is 0 Å². The number of nitrogens with zero attached hydrogens (tertiary/aromatic N) is 2. The molecule has 0 saturated carbocycles. The zero-order valence-corrected chi connectivity index (χ0v) is 12.7. The Morgan fingerprint density at radius 3 is 2.75 bits per heavy atom. The minimum Gasteiger partial charge on any atom is -0.386 e. The predicted octanol–water partition coefficient (Wildman–Crippen LogP) is -0.0675. The van der Waals surface area contributed by atoms with E-state index in [0.29, 0.717) is 12.1 Å². The van der Waals surface area contributed by atoms with E-state index in [2.05, 4.69) is 10.3 Å². The van der Waals surface area contributed by atoms with E-state index in [1.165, 1.54) is 10.5 Å². The van der Waals surface area contributed by atoms with Crippen LogP contribution in [0, 0.1) is 0 Å². The molecule has 1 aromatic heterocycles. The maximum Gasteiger partial charge on any atom is 0.262 e. The van der Waals surface area contributed by atoms with Gasteiger partial charge in [0.05, 0.1) is 17.2 Å². The van der Waals surface area contributed by atoms with Gasteiger partial charge in [0.1, 0.15) is 0 Å². The fourth-order valence-electron chi connectivity index (χ4n) is 2.06. The normalized spacial score (nSPS) is 20.2. The minimum absolute atomic E-state index is 0.0234. The van der Waals surface area contributed by atoms with Crippen LogP contribution in [-0.4, -0.2) is 57.8 Å². The van der Waals surface area contributed by atoms with Crippen LogP contribution in [0.2, 0.25) is 0 Å². The van der Waals surface area contributed by atoms with Gasteiger partial charge in [0.15, 0.2) is 14.9 Å². The molecule has 7 nitrogen and oxygen atoms in total. The fraction of sp³-hybridized carbons (Fsp3) is 0.545. The first-order valence-corrected chi connectivity index (χ1v) is 9.46. The largest absolute Gasteiger partial charge is 0.386 e. The van der Waals surface area contributed by atoms with Gasteiger partial charge in [0.2, 0.25) is 0 Å². The van der Waals surface area contributed by atoms with Gasteiger partial charge in [0, 0.05) is 26.3 Å². The van der Waals surface area contributed by atoms with Gasteiger partial charge < -0.3 is 5.32 Å². The van der Waals surface area contributed by atoms with Gasteiger partial charge in [-0.2, -0.15) is 4.31 Å². The topological polar surface area (TPSA) is 96.4 Å². The monoisotopic (exact) mass is 319 g/mol. The Balaban J connectivity index is 2.35. The van der Waals surface area contributed by atoms with Gasteiger partial charge in [-0.05, 0) is 18.6 Å². The molecule has 0 aromatic carbocycles. The summed E-state index contributed by atoms with van der Waals surface area (Å²) in [5.74, 6) is -0.117. The van der Waals surface area contributed by atoms with Crippen LogP contribution >= 0.6 is 0 Å². The average Bonchev–Trinajstić information content (AvgIpc) is 2.60. The SMILES string of the molecule is CNc1cccnc1S(=O)(=O)N1CCCS(=O)(=O)CC1. The molecule has 1 N–H and O–H groups in total. The standard InChI is InChI=1S/C11H17N3O4S2/c1-12-10-4-2-5-13-11(10)20(17,18)14-6-3-8-19(15,16)9-7-14/h2,4-5,12H,3,6-9H2,1H3. The number of sulfone groups is 1. The van der Waals surface area contributed by atoms with Gasteiger partial charge in [-0.25, -0.2) is 21.8 Å². The Bertz CT molecular complexity index is 685. The van der Waals surface area contributed by atoms with E-state index in [9.17, 15) is 16.8 Å². The quantitative estimate of drug-likeness (QED) is 0.838. The Morgan fingerprint density at radius 1 is 1.30 bits per heavy atom. The second kappa shape index (κ2) is 5.66. The van der Waals surface area contributed by atoms with Crippen LogP contribution in [-0.2, 0) is 19.9 Å². The van der Waals surface area contributed by atoms with E-state index in [4.69, 9.17) is 0 Å². The van der Waals surface area contributed by atoms with Crippen molar-refractivity contribution in [3.8, 4) is 0 Å². The summed E-state index contributed by atoms with van der Waals surface area (Å²) in [6.07, 6.45) is 1.71. The number of hydrogen-bond donors (Lipinski definition) is 1. The Morgan fingerprint density at radius 2 is 2.05 bits per heavy atom. The van der Waals surface area contributed by atoms with Crippen LogP contribution in [0.4, 0.5) is 5.69 Å². The zero-order chi connectivity index (χ0) is 14.8. The molecule has 1 fully saturated rings.